The molecule has 0 saturated carbocycles. The normalized spacial score (nSPS) is 16.0. The minimum Gasteiger partial charge on any atom is -0.270 e. The van der Waals surface area contributed by atoms with Crippen LogP contribution in [-0.4, -0.2) is 24.1 Å². The second-order valence-electron chi connectivity index (χ2n) is 8.25. The zero-order valence-electron chi connectivity index (χ0n) is 17.1. The quantitative estimate of drug-likeness (QED) is 0.530. The molecule has 0 amide bonds. The van der Waals surface area contributed by atoms with E-state index in [1.807, 2.05) is 12.1 Å². The summed E-state index contributed by atoms with van der Waals surface area (Å²) < 4.78 is 42.3. The number of sulfonamides is 1. The summed E-state index contributed by atoms with van der Waals surface area (Å²) in [6, 6.07) is 11.0. The van der Waals surface area contributed by atoms with Gasteiger partial charge in [0, 0.05) is 16.2 Å². The third kappa shape index (κ3) is 4.67. The SMILES string of the molecule is CC(C)(C)c1ccc(S(=O)(=O)Nc2ccc(Br)c(C3N=C3c3cncc(F)c3)n2)cc1. The second kappa shape index (κ2) is 7.80. The van der Waals surface area contributed by atoms with Crippen LogP contribution in [0.1, 0.15) is 43.6 Å². The van der Waals surface area contributed by atoms with E-state index in [0.717, 1.165) is 11.8 Å². The lowest BCUT2D eigenvalue weighted by atomic mass is 9.87. The lowest BCUT2D eigenvalue weighted by Gasteiger charge is -2.19. The van der Waals surface area contributed by atoms with Crippen molar-refractivity contribution in [2.24, 2.45) is 4.99 Å². The molecule has 6 nitrogen and oxygen atoms in total. The van der Waals surface area contributed by atoms with E-state index in [9.17, 15) is 12.8 Å². The van der Waals surface area contributed by atoms with Gasteiger partial charge in [0.05, 0.1) is 22.5 Å². The molecule has 0 fully saturated rings. The third-order valence-electron chi connectivity index (χ3n) is 4.86. The molecule has 1 atom stereocenters. The molecule has 9 heteroatoms. The van der Waals surface area contributed by atoms with Gasteiger partial charge in [-0.1, -0.05) is 32.9 Å². The lowest BCUT2D eigenvalue weighted by molar-refractivity contribution is 0.587. The Morgan fingerprint density at radius 1 is 1.06 bits per heavy atom. The monoisotopic (exact) mass is 502 g/mol. The van der Waals surface area contributed by atoms with Gasteiger partial charge in [0.15, 0.2) is 0 Å². The Hall–Kier alpha value is -2.65. The molecule has 3 heterocycles. The maximum atomic E-state index is 13.4. The van der Waals surface area contributed by atoms with Gasteiger partial charge in [-0.3, -0.25) is 14.7 Å². The van der Waals surface area contributed by atoms with Crippen molar-refractivity contribution in [1.29, 1.82) is 0 Å². The third-order valence-corrected chi connectivity index (χ3v) is 6.90. The van der Waals surface area contributed by atoms with Crippen LogP contribution in [0, 0.1) is 5.82 Å². The summed E-state index contributed by atoms with van der Waals surface area (Å²) in [5.74, 6) is -0.270. The van der Waals surface area contributed by atoms with Gasteiger partial charge in [-0.2, -0.15) is 0 Å². The molecule has 0 aliphatic carbocycles. The predicted octanol–water partition coefficient (Wildman–Crippen LogP) is 5.02. The average molecular weight is 503 g/mol. The van der Waals surface area contributed by atoms with E-state index < -0.39 is 15.8 Å². The van der Waals surface area contributed by atoms with E-state index >= 15 is 0 Å². The molecule has 0 bridgehead atoms. The number of halogens is 2. The van der Waals surface area contributed by atoms with Crippen LogP contribution in [0.3, 0.4) is 0 Å². The number of hydrogen-bond donors (Lipinski definition) is 1. The van der Waals surface area contributed by atoms with Crippen LogP contribution in [0.15, 0.2) is 69.2 Å². The molecule has 1 aliphatic heterocycles. The van der Waals surface area contributed by atoms with E-state index in [4.69, 9.17) is 0 Å². The van der Waals surface area contributed by atoms with Crippen LogP contribution < -0.4 is 4.72 Å². The topological polar surface area (TPSA) is 84.3 Å². The summed E-state index contributed by atoms with van der Waals surface area (Å²) in [5, 5.41) is 0. The van der Waals surface area contributed by atoms with E-state index in [1.54, 1.807) is 24.3 Å². The van der Waals surface area contributed by atoms with Crippen molar-refractivity contribution in [3.8, 4) is 0 Å². The Kier molecular flexibility index (Phi) is 5.43. The standard InChI is InChI=1S/C22H20BrFN4O2S/c1-22(2,3)14-4-6-16(7-5-14)31(29,30)28-18-9-8-17(23)20(26-18)21-19(27-21)13-10-15(24)12-25-11-13/h4-12,21H,1-3H3,(H,26,28). The zero-order chi connectivity index (χ0) is 22.4. The maximum Gasteiger partial charge on any atom is 0.263 e. The molecule has 0 spiro atoms. The smallest absolute Gasteiger partial charge is 0.263 e. The Morgan fingerprint density at radius 2 is 1.77 bits per heavy atom. The highest BCUT2D eigenvalue weighted by atomic mass is 79.9. The molecular weight excluding hydrogens is 483 g/mol. The van der Waals surface area contributed by atoms with Crippen molar-refractivity contribution in [1.82, 2.24) is 9.97 Å². The predicted molar refractivity (Wildman–Crippen MR) is 121 cm³/mol. The van der Waals surface area contributed by atoms with Crippen molar-refractivity contribution < 1.29 is 12.8 Å². The molecule has 1 aliphatic rings. The molecule has 31 heavy (non-hydrogen) atoms. The molecule has 160 valence electrons. The number of pyridine rings is 2. The molecule has 1 unspecified atom stereocenters. The first-order valence-electron chi connectivity index (χ1n) is 9.53. The van der Waals surface area contributed by atoms with Crippen LogP contribution in [0.2, 0.25) is 0 Å². The molecule has 2 aromatic heterocycles. The summed E-state index contributed by atoms with van der Waals surface area (Å²) in [5.41, 5.74) is 2.74. The van der Waals surface area contributed by atoms with Crippen LogP contribution in [0.4, 0.5) is 10.2 Å². The van der Waals surface area contributed by atoms with Crippen molar-refractivity contribution in [2.75, 3.05) is 4.72 Å². The van der Waals surface area contributed by atoms with E-state index in [1.165, 1.54) is 12.3 Å². The van der Waals surface area contributed by atoms with Gasteiger partial charge in [0.2, 0.25) is 0 Å². The number of aliphatic imine (C=N–C) groups is 1. The number of benzene rings is 1. The Morgan fingerprint density at radius 3 is 2.42 bits per heavy atom. The fourth-order valence-electron chi connectivity index (χ4n) is 3.11. The summed E-state index contributed by atoms with van der Waals surface area (Å²) >= 11 is 3.43. The maximum absolute atomic E-state index is 13.4. The summed E-state index contributed by atoms with van der Waals surface area (Å²) in [4.78, 5) is 12.8. The van der Waals surface area contributed by atoms with Crippen LogP contribution >= 0.6 is 15.9 Å². The van der Waals surface area contributed by atoms with Gasteiger partial charge < -0.3 is 0 Å². The zero-order valence-corrected chi connectivity index (χ0v) is 19.5. The first-order valence-corrected chi connectivity index (χ1v) is 11.8. The van der Waals surface area contributed by atoms with Crippen molar-refractivity contribution >= 4 is 37.5 Å². The first kappa shape index (κ1) is 21.6. The van der Waals surface area contributed by atoms with Gasteiger partial charge in [-0.05, 0) is 57.2 Å². The molecule has 0 saturated heterocycles. The van der Waals surface area contributed by atoms with Gasteiger partial charge in [0.1, 0.15) is 17.7 Å². The molecule has 3 aromatic rings. The molecule has 0 radical (unpaired) electrons. The average Bonchev–Trinajstić information content (AvgIpc) is 3.49. The fourth-order valence-corrected chi connectivity index (χ4v) is 4.55. The van der Waals surface area contributed by atoms with E-state index in [-0.39, 0.29) is 22.2 Å². The number of rotatable bonds is 5. The molecular formula is C22H20BrFN4O2S. The first-order chi connectivity index (χ1) is 14.5. The number of nitrogens with zero attached hydrogens (tertiary/aromatic N) is 3. The number of anilines is 1. The Bertz CT molecular complexity index is 1290. The van der Waals surface area contributed by atoms with Crippen LogP contribution in [0.25, 0.3) is 0 Å². The van der Waals surface area contributed by atoms with E-state index in [2.05, 4.69) is 56.4 Å². The van der Waals surface area contributed by atoms with Crippen molar-refractivity contribution in [2.45, 2.75) is 37.1 Å². The van der Waals surface area contributed by atoms with Gasteiger partial charge in [-0.15, -0.1) is 0 Å². The lowest BCUT2D eigenvalue weighted by Crippen LogP contribution is -2.16. The largest absolute Gasteiger partial charge is 0.270 e. The van der Waals surface area contributed by atoms with Gasteiger partial charge in [0.25, 0.3) is 10.0 Å². The fraction of sp³-hybridized carbons (Fsp3) is 0.227. The summed E-state index contributed by atoms with van der Waals surface area (Å²) in [6.07, 6.45) is 2.66. The minimum atomic E-state index is -3.81. The highest BCUT2D eigenvalue weighted by molar-refractivity contribution is 9.10. The van der Waals surface area contributed by atoms with Gasteiger partial charge in [-0.25, -0.2) is 17.8 Å². The number of aromatic nitrogens is 2. The highest BCUT2D eigenvalue weighted by Crippen LogP contribution is 2.38. The highest BCUT2D eigenvalue weighted by Gasteiger charge is 2.34. The summed E-state index contributed by atoms with van der Waals surface area (Å²) in [6.45, 7) is 6.20. The minimum absolute atomic E-state index is 0.0724. The second-order valence-corrected chi connectivity index (χ2v) is 10.8. The van der Waals surface area contributed by atoms with Crippen LogP contribution in [-0.2, 0) is 15.4 Å². The van der Waals surface area contributed by atoms with Crippen molar-refractivity contribution in [3.05, 3.63) is 82.0 Å². The number of hydrogen-bond acceptors (Lipinski definition) is 5. The van der Waals surface area contributed by atoms with Gasteiger partial charge >= 0.3 is 0 Å². The molecule has 1 N–H and O–H groups in total. The van der Waals surface area contributed by atoms with Crippen LogP contribution in [0.5, 0.6) is 0 Å². The summed E-state index contributed by atoms with van der Waals surface area (Å²) in [7, 11) is -3.81. The Balaban J connectivity index is 1.55. The molecule has 1 aromatic carbocycles. The molecule has 4 rings (SSSR count). The van der Waals surface area contributed by atoms with E-state index in [0.29, 0.717) is 21.4 Å². The number of nitrogens with one attached hydrogen (secondary N) is 1. The Labute approximate surface area is 188 Å². The van der Waals surface area contributed by atoms with Crippen molar-refractivity contribution in [3.63, 3.8) is 0 Å².